The van der Waals surface area contributed by atoms with Crippen LogP contribution in [0.1, 0.15) is 40.4 Å². The molecular weight excluding hydrogens is 393 g/mol. The van der Waals surface area contributed by atoms with Gasteiger partial charge < -0.3 is 14.4 Å². The molecule has 1 saturated heterocycles. The molecule has 0 radical (unpaired) electrons. The number of benzene rings is 3. The average molecular weight is 419 g/mol. The molecule has 1 heterocycles. The number of rotatable bonds is 7. The first kappa shape index (κ1) is 21.1. The van der Waals surface area contributed by atoms with E-state index in [1.54, 1.807) is 36.2 Å². The molecule has 0 aliphatic carbocycles. The summed E-state index contributed by atoms with van der Waals surface area (Å²) in [5.74, 6) is 0.203. The Morgan fingerprint density at radius 1 is 1.06 bits per heavy atom. The van der Waals surface area contributed by atoms with Crippen molar-refractivity contribution < 1.29 is 18.7 Å². The standard InChI is InChI=1S/C26H26FNO3/c1-28(25(19-7-3-2-4-8-19)20-12-14-22(27)15-13-20)26(29)21-9-5-10-23(17-21)31-18-24-11-6-16-30-24/h2-5,7-10,12-15,17,24-25H,6,11,16,18H2,1H3. The average Bonchev–Trinajstić information content (AvgIpc) is 3.33. The molecule has 3 aromatic rings. The summed E-state index contributed by atoms with van der Waals surface area (Å²) in [4.78, 5) is 15.1. The van der Waals surface area contributed by atoms with Gasteiger partial charge in [0, 0.05) is 19.2 Å². The lowest BCUT2D eigenvalue weighted by molar-refractivity contribution is 0.0677. The SMILES string of the molecule is CN(C(=O)c1cccc(OCC2CCCO2)c1)C(c1ccccc1)c1ccc(F)cc1. The maximum absolute atomic E-state index is 13.5. The van der Waals surface area contributed by atoms with E-state index in [2.05, 4.69) is 0 Å². The number of amides is 1. The summed E-state index contributed by atoms with van der Waals surface area (Å²) in [7, 11) is 1.77. The Hall–Kier alpha value is -3.18. The van der Waals surface area contributed by atoms with Gasteiger partial charge in [0.15, 0.2) is 0 Å². The highest BCUT2D eigenvalue weighted by atomic mass is 19.1. The Labute approximate surface area is 182 Å². The molecule has 4 nitrogen and oxygen atoms in total. The Kier molecular flexibility index (Phi) is 6.63. The zero-order valence-corrected chi connectivity index (χ0v) is 17.5. The molecule has 3 aromatic carbocycles. The lowest BCUT2D eigenvalue weighted by Gasteiger charge is -2.29. The molecule has 5 heteroatoms. The Balaban J connectivity index is 1.56. The maximum atomic E-state index is 13.5. The van der Waals surface area contributed by atoms with Crippen molar-refractivity contribution in [1.29, 1.82) is 0 Å². The second kappa shape index (κ2) is 9.75. The van der Waals surface area contributed by atoms with Gasteiger partial charge in [0.2, 0.25) is 0 Å². The molecule has 4 rings (SSSR count). The third kappa shape index (κ3) is 5.12. The summed E-state index contributed by atoms with van der Waals surface area (Å²) in [5, 5.41) is 0. The number of hydrogen-bond acceptors (Lipinski definition) is 3. The van der Waals surface area contributed by atoms with Gasteiger partial charge in [-0.05, 0) is 54.3 Å². The van der Waals surface area contributed by atoms with Crippen molar-refractivity contribution in [3.8, 4) is 5.75 Å². The van der Waals surface area contributed by atoms with Crippen LogP contribution < -0.4 is 4.74 Å². The first-order valence-electron chi connectivity index (χ1n) is 10.5. The predicted molar refractivity (Wildman–Crippen MR) is 118 cm³/mol. The van der Waals surface area contributed by atoms with Gasteiger partial charge in [-0.15, -0.1) is 0 Å². The summed E-state index contributed by atoms with van der Waals surface area (Å²) in [5.41, 5.74) is 2.33. The quantitative estimate of drug-likeness (QED) is 0.525. The zero-order valence-electron chi connectivity index (χ0n) is 17.5. The second-order valence-electron chi connectivity index (χ2n) is 7.75. The van der Waals surface area contributed by atoms with E-state index in [0.717, 1.165) is 30.6 Å². The van der Waals surface area contributed by atoms with E-state index in [4.69, 9.17) is 9.47 Å². The van der Waals surface area contributed by atoms with E-state index in [1.165, 1.54) is 12.1 Å². The molecule has 2 unspecified atom stereocenters. The van der Waals surface area contributed by atoms with Crippen LogP contribution in [0.15, 0.2) is 78.9 Å². The van der Waals surface area contributed by atoms with Gasteiger partial charge in [-0.3, -0.25) is 4.79 Å². The van der Waals surface area contributed by atoms with E-state index in [1.807, 2.05) is 42.5 Å². The summed E-state index contributed by atoms with van der Waals surface area (Å²) in [6, 6.07) is 22.9. The van der Waals surface area contributed by atoms with Crippen LogP contribution in [0.2, 0.25) is 0 Å². The Morgan fingerprint density at radius 3 is 2.52 bits per heavy atom. The first-order valence-corrected chi connectivity index (χ1v) is 10.5. The van der Waals surface area contributed by atoms with Crippen molar-refractivity contribution in [2.24, 2.45) is 0 Å². The van der Waals surface area contributed by atoms with Gasteiger partial charge in [0.05, 0.1) is 12.1 Å². The van der Waals surface area contributed by atoms with Crippen LogP contribution in [0.4, 0.5) is 4.39 Å². The van der Waals surface area contributed by atoms with Gasteiger partial charge in [0.1, 0.15) is 18.2 Å². The number of halogens is 1. The number of carbonyl (C=O) groups excluding carboxylic acids is 1. The number of ether oxygens (including phenoxy) is 2. The van der Waals surface area contributed by atoms with Crippen molar-refractivity contribution in [2.75, 3.05) is 20.3 Å². The second-order valence-corrected chi connectivity index (χ2v) is 7.75. The third-order valence-corrected chi connectivity index (χ3v) is 5.55. The molecule has 1 fully saturated rings. The van der Waals surface area contributed by atoms with E-state index in [-0.39, 0.29) is 23.9 Å². The smallest absolute Gasteiger partial charge is 0.254 e. The molecule has 1 aliphatic rings. The number of carbonyl (C=O) groups is 1. The highest BCUT2D eigenvalue weighted by molar-refractivity contribution is 5.95. The number of hydrogen-bond donors (Lipinski definition) is 0. The van der Waals surface area contributed by atoms with Crippen LogP contribution >= 0.6 is 0 Å². The lowest BCUT2D eigenvalue weighted by Crippen LogP contribution is -2.32. The summed E-state index contributed by atoms with van der Waals surface area (Å²) in [6.07, 6.45) is 2.17. The molecule has 0 bridgehead atoms. The van der Waals surface area contributed by atoms with Crippen LogP contribution in [0.5, 0.6) is 5.75 Å². The fourth-order valence-corrected chi connectivity index (χ4v) is 3.92. The number of nitrogens with zero attached hydrogens (tertiary/aromatic N) is 1. The Bertz CT molecular complexity index is 1000. The van der Waals surface area contributed by atoms with Crippen molar-refractivity contribution in [2.45, 2.75) is 25.0 Å². The van der Waals surface area contributed by atoms with E-state index in [9.17, 15) is 9.18 Å². The van der Waals surface area contributed by atoms with Gasteiger partial charge in [-0.25, -0.2) is 4.39 Å². The highest BCUT2D eigenvalue weighted by Gasteiger charge is 2.25. The summed E-state index contributed by atoms with van der Waals surface area (Å²) < 4.78 is 25.0. The van der Waals surface area contributed by atoms with Gasteiger partial charge in [-0.1, -0.05) is 48.5 Å². The molecule has 0 spiro atoms. The minimum Gasteiger partial charge on any atom is -0.491 e. The molecule has 2 atom stereocenters. The largest absolute Gasteiger partial charge is 0.491 e. The van der Waals surface area contributed by atoms with Crippen molar-refractivity contribution in [3.63, 3.8) is 0 Å². The van der Waals surface area contributed by atoms with Crippen LogP contribution in [-0.2, 0) is 4.74 Å². The van der Waals surface area contributed by atoms with E-state index >= 15 is 0 Å². The van der Waals surface area contributed by atoms with Gasteiger partial charge in [-0.2, -0.15) is 0 Å². The Morgan fingerprint density at radius 2 is 1.81 bits per heavy atom. The topological polar surface area (TPSA) is 38.8 Å². The monoisotopic (exact) mass is 419 g/mol. The zero-order chi connectivity index (χ0) is 21.6. The molecule has 0 aromatic heterocycles. The van der Waals surface area contributed by atoms with Crippen LogP contribution in [0.25, 0.3) is 0 Å². The summed E-state index contributed by atoms with van der Waals surface area (Å²) >= 11 is 0. The van der Waals surface area contributed by atoms with Crippen LogP contribution in [-0.4, -0.2) is 37.2 Å². The fourth-order valence-electron chi connectivity index (χ4n) is 3.92. The normalized spacial score (nSPS) is 16.6. The molecule has 0 saturated carbocycles. The van der Waals surface area contributed by atoms with Gasteiger partial charge in [0.25, 0.3) is 5.91 Å². The third-order valence-electron chi connectivity index (χ3n) is 5.55. The first-order chi connectivity index (χ1) is 15.1. The van der Waals surface area contributed by atoms with Crippen LogP contribution in [0.3, 0.4) is 0 Å². The van der Waals surface area contributed by atoms with Crippen molar-refractivity contribution >= 4 is 5.91 Å². The van der Waals surface area contributed by atoms with Crippen molar-refractivity contribution in [1.82, 2.24) is 4.90 Å². The highest BCUT2D eigenvalue weighted by Crippen LogP contribution is 2.29. The molecule has 0 N–H and O–H groups in total. The molecule has 1 aliphatic heterocycles. The minimum atomic E-state index is -0.342. The summed E-state index contributed by atoms with van der Waals surface area (Å²) in [6.45, 7) is 1.26. The molecule has 160 valence electrons. The van der Waals surface area contributed by atoms with Gasteiger partial charge >= 0.3 is 0 Å². The molecule has 31 heavy (non-hydrogen) atoms. The fraction of sp³-hybridized carbons (Fsp3) is 0.269. The van der Waals surface area contributed by atoms with E-state index < -0.39 is 0 Å². The van der Waals surface area contributed by atoms with Crippen molar-refractivity contribution in [3.05, 3.63) is 101 Å². The lowest BCUT2D eigenvalue weighted by atomic mass is 9.96. The maximum Gasteiger partial charge on any atom is 0.254 e. The predicted octanol–water partition coefficient (Wildman–Crippen LogP) is 5.25. The van der Waals surface area contributed by atoms with E-state index in [0.29, 0.717) is 17.9 Å². The minimum absolute atomic E-state index is 0.114. The molecule has 1 amide bonds. The van der Waals surface area contributed by atoms with Crippen LogP contribution in [0, 0.1) is 5.82 Å². The molecular formula is C26H26FNO3.